The second-order valence-corrected chi connectivity index (χ2v) is 4.65. The monoisotopic (exact) mass is 307 g/mol. The van der Waals surface area contributed by atoms with Gasteiger partial charge < -0.3 is 10.1 Å². The Morgan fingerprint density at radius 2 is 1.90 bits per heavy atom. The van der Waals surface area contributed by atoms with E-state index < -0.39 is 23.6 Å². The fraction of sp³-hybridized carbons (Fsp3) is 0.333. The molecule has 1 rings (SSSR count). The molecule has 1 aromatic rings. The van der Waals surface area contributed by atoms with Crippen LogP contribution in [0.2, 0.25) is 0 Å². The van der Waals surface area contributed by atoms with Gasteiger partial charge in [-0.3, -0.25) is 9.59 Å². The third kappa shape index (κ3) is 5.12. The summed E-state index contributed by atoms with van der Waals surface area (Å²) in [6.07, 6.45) is -4.54. The average Bonchev–Trinajstić information content (AvgIpc) is 2.37. The third-order valence-electron chi connectivity index (χ3n) is 2.19. The summed E-state index contributed by atoms with van der Waals surface area (Å²) in [6.45, 7) is 0. The molecule has 1 N–H and O–H groups in total. The van der Waals surface area contributed by atoms with E-state index >= 15 is 0 Å². The summed E-state index contributed by atoms with van der Waals surface area (Å²) in [5.74, 6) is -1.29. The fourth-order valence-electron chi connectivity index (χ4n) is 1.31. The summed E-state index contributed by atoms with van der Waals surface area (Å²) < 4.78 is 42.4. The Kier molecular flexibility index (Phi) is 5.87. The van der Waals surface area contributed by atoms with Crippen molar-refractivity contribution in [3.8, 4) is 0 Å². The topological polar surface area (TPSA) is 55.4 Å². The number of para-hydroxylation sites is 1. The number of methoxy groups -OCH3 is 1. The number of alkyl halides is 3. The first-order valence-electron chi connectivity index (χ1n) is 5.45. The van der Waals surface area contributed by atoms with Gasteiger partial charge in [-0.05, 0) is 12.1 Å². The van der Waals surface area contributed by atoms with E-state index in [1.54, 1.807) is 0 Å². The van der Waals surface area contributed by atoms with Crippen LogP contribution in [-0.2, 0) is 20.5 Å². The van der Waals surface area contributed by atoms with E-state index in [9.17, 15) is 22.8 Å². The first-order valence-corrected chi connectivity index (χ1v) is 6.60. The lowest BCUT2D eigenvalue weighted by atomic mass is 10.1. The predicted molar refractivity (Wildman–Crippen MR) is 69.4 cm³/mol. The average molecular weight is 307 g/mol. The maximum atomic E-state index is 12.7. The number of nitrogens with one attached hydrogen (secondary N) is 1. The lowest BCUT2D eigenvalue weighted by Gasteiger charge is -2.13. The Hall–Kier alpha value is -1.70. The molecule has 0 saturated carbocycles. The van der Waals surface area contributed by atoms with E-state index in [2.05, 4.69) is 10.1 Å². The number of hydrogen-bond acceptors (Lipinski definition) is 4. The zero-order chi connectivity index (χ0) is 15.2. The smallest absolute Gasteiger partial charge is 0.418 e. The van der Waals surface area contributed by atoms with Crippen molar-refractivity contribution in [1.29, 1.82) is 0 Å². The maximum Gasteiger partial charge on any atom is 0.418 e. The third-order valence-corrected chi connectivity index (χ3v) is 3.09. The second kappa shape index (κ2) is 7.18. The normalized spacial score (nSPS) is 11.0. The number of hydrogen-bond donors (Lipinski definition) is 1. The summed E-state index contributed by atoms with van der Waals surface area (Å²) in [6, 6.07) is 4.69. The molecule has 4 nitrogen and oxygen atoms in total. The van der Waals surface area contributed by atoms with Crippen LogP contribution in [0.1, 0.15) is 5.56 Å². The van der Waals surface area contributed by atoms with Crippen LogP contribution < -0.4 is 5.32 Å². The Labute approximate surface area is 117 Å². The van der Waals surface area contributed by atoms with Crippen LogP contribution in [0.25, 0.3) is 0 Å². The molecule has 0 saturated heterocycles. The van der Waals surface area contributed by atoms with Crippen molar-refractivity contribution in [1.82, 2.24) is 0 Å². The van der Waals surface area contributed by atoms with Gasteiger partial charge in [0.1, 0.15) is 0 Å². The summed E-state index contributed by atoms with van der Waals surface area (Å²) in [5, 5.41) is 2.18. The molecule has 0 aliphatic carbocycles. The molecule has 0 aliphatic rings. The van der Waals surface area contributed by atoms with Crippen molar-refractivity contribution in [2.24, 2.45) is 0 Å². The molecule has 1 aromatic carbocycles. The number of esters is 1. The first kappa shape index (κ1) is 16.4. The molecule has 0 bridgehead atoms. The number of rotatable bonds is 5. The van der Waals surface area contributed by atoms with Crippen molar-refractivity contribution >= 4 is 29.3 Å². The van der Waals surface area contributed by atoms with Gasteiger partial charge in [-0.2, -0.15) is 13.2 Å². The molecule has 0 aromatic heterocycles. The molecular formula is C12H12F3NO3S. The largest absolute Gasteiger partial charge is 0.468 e. The summed E-state index contributed by atoms with van der Waals surface area (Å²) in [4.78, 5) is 22.3. The second-order valence-electron chi connectivity index (χ2n) is 3.66. The van der Waals surface area contributed by atoms with Gasteiger partial charge in [-0.15, -0.1) is 11.8 Å². The number of ether oxygens (including phenoxy) is 1. The van der Waals surface area contributed by atoms with E-state index in [1.165, 1.54) is 25.3 Å². The van der Waals surface area contributed by atoms with Crippen molar-refractivity contribution in [3.63, 3.8) is 0 Å². The molecule has 0 aliphatic heterocycles. The van der Waals surface area contributed by atoms with Gasteiger partial charge in [-0.25, -0.2) is 0 Å². The van der Waals surface area contributed by atoms with Crippen LogP contribution in [0.3, 0.4) is 0 Å². The van der Waals surface area contributed by atoms with Crippen LogP contribution in [0, 0.1) is 0 Å². The Balaban J connectivity index is 2.61. The molecule has 20 heavy (non-hydrogen) atoms. The summed E-state index contributed by atoms with van der Waals surface area (Å²) >= 11 is 0.959. The van der Waals surface area contributed by atoms with Crippen LogP contribution in [0.4, 0.5) is 18.9 Å². The number of carbonyl (C=O) groups is 2. The van der Waals surface area contributed by atoms with Crippen molar-refractivity contribution in [2.45, 2.75) is 6.18 Å². The van der Waals surface area contributed by atoms with E-state index in [4.69, 9.17) is 0 Å². The zero-order valence-electron chi connectivity index (χ0n) is 10.5. The molecule has 0 atom stereocenters. The molecular weight excluding hydrogens is 295 g/mol. The lowest BCUT2D eigenvalue weighted by Crippen LogP contribution is -2.19. The van der Waals surface area contributed by atoms with Crippen LogP contribution in [-0.4, -0.2) is 30.5 Å². The van der Waals surface area contributed by atoms with Crippen LogP contribution >= 0.6 is 11.8 Å². The molecule has 0 fully saturated rings. The number of halogens is 3. The first-order chi connectivity index (χ1) is 9.34. The number of carbonyl (C=O) groups excluding carboxylic acids is 2. The minimum absolute atomic E-state index is 0.0369. The fourth-order valence-corrected chi connectivity index (χ4v) is 1.96. The number of amides is 1. The van der Waals surface area contributed by atoms with Gasteiger partial charge >= 0.3 is 12.1 Å². The molecule has 8 heteroatoms. The highest BCUT2D eigenvalue weighted by molar-refractivity contribution is 8.00. The van der Waals surface area contributed by atoms with Crippen molar-refractivity contribution < 1.29 is 27.5 Å². The predicted octanol–water partition coefficient (Wildman–Crippen LogP) is 2.55. The summed E-state index contributed by atoms with van der Waals surface area (Å²) in [5.41, 5.74) is -1.21. The highest BCUT2D eigenvalue weighted by Gasteiger charge is 2.33. The maximum absolute atomic E-state index is 12.7. The van der Waals surface area contributed by atoms with Crippen LogP contribution in [0.15, 0.2) is 24.3 Å². The quantitative estimate of drug-likeness (QED) is 0.849. The number of benzene rings is 1. The van der Waals surface area contributed by atoms with Gasteiger partial charge in [0.05, 0.1) is 29.9 Å². The van der Waals surface area contributed by atoms with E-state index in [0.29, 0.717) is 0 Å². The standard InChI is InChI=1S/C12H12F3NO3S/c1-19-11(18)7-20-6-10(17)16-9-5-3-2-4-8(9)12(13,14)15/h2-5H,6-7H2,1H3,(H,16,17). The Morgan fingerprint density at radius 3 is 2.50 bits per heavy atom. The molecule has 1 amide bonds. The van der Waals surface area contributed by atoms with Gasteiger partial charge in [0.2, 0.25) is 5.91 Å². The summed E-state index contributed by atoms with van der Waals surface area (Å²) in [7, 11) is 1.21. The minimum Gasteiger partial charge on any atom is -0.468 e. The molecule has 0 spiro atoms. The number of anilines is 1. The van der Waals surface area contributed by atoms with E-state index in [-0.39, 0.29) is 17.2 Å². The zero-order valence-corrected chi connectivity index (χ0v) is 11.3. The molecule has 0 radical (unpaired) electrons. The molecule has 110 valence electrons. The Morgan fingerprint density at radius 1 is 1.25 bits per heavy atom. The van der Waals surface area contributed by atoms with Gasteiger partial charge in [0, 0.05) is 0 Å². The Bertz CT molecular complexity index is 491. The minimum atomic E-state index is -4.54. The molecule has 0 unspecified atom stereocenters. The highest BCUT2D eigenvalue weighted by Crippen LogP contribution is 2.34. The number of thioether (sulfide) groups is 1. The van der Waals surface area contributed by atoms with Gasteiger partial charge in [0.25, 0.3) is 0 Å². The van der Waals surface area contributed by atoms with E-state index in [1.807, 2.05) is 0 Å². The van der Waals surface area contributed by atoms with Gasteiger partial charge in [-0.1, -0.05) is 12.1 Å². The molecule has 0 heterocycles. The SMILES string of the molecule is COC(=O)CSCC(=O)Nc1ccccc1C(F)(F)F. The van der Waals surface area contributed by atoms with E-state index in [0.717, 1.165) is 17.8 Å². The van der Waals surface area contributed by atoms with Crippen molar-refractivity contribution in [3.05, 3.63) is 29.8 Å². The van der Waals surface area contributed by atoms with Crippen molar-refractivity contribution in [2.75, 3.05) is 23.9 Å². The highest BCUT2D eigenvalue weighted by atomic mass is 32.2. The van der Waals surface area contributed by atoms with Gasteiger partial charge in [0.15, 0.2) is 0 Å². The lowest BCUT2D eigenvalue weighted by molar-refractivity contribution is -0.138. The van der Waals surface area contributed by atoms with Crippen LogP contribution in [0.5, 0.6) is 0 Å².